The molecule has 154 valence electrons. The largest absolute Gasteiger partial charge is 0.390 e. The first-order valence-electron chi connectivity index (χ1n) is 9.82. The van der Waals surface area contributed by atoms with Crippen LogP contribution < -0.4 is 10.6 Å². The summed E-state index contributed by atoms with van der Waals surface area (Å²) in [5.74, 6) is 1.02. The van der Waals surface area contributed by atoms with E-state index < -0.39 is 6.10 Å². The Morgan fingerprint density at radius 3 is 2.87 bits per heavy atom. The number of anilines is 3. The number of hydrogen-bond acceptors (Lipinski definition) is 8. The van der Waals surface area contributed by atoms with Crippen LogP contribution in [0.4, 0.5) is 17.5 Å². The van der Waals surface area contributed by atoms with Crippen LogP contribution in [0.25, 0.3) is 11.2 Å². The summed E-state index contributed by atoms with van der Waals surface area (Å²) < 4.78 is 8.21. The average Bonchev–Trinajstić information content (AvgIpc) is 3.35. The van der Waals surface area contributed by atoms with E-state index in [-0.39, 0.29) is 5.92 Å². The highest BCUT2D eigenvalue weighted by molar-refractivity contribution is 9.10. The quantitative estimate of drug-likeness (QED) is 0.503. The zero-order valence-corrected chi connectivity index (χ0v) is 17.6. The number of nitrogens with zero attached hydrogens (tertiary/aromatic N) is 5. The van der Waals surface area contributed by atoms with Gasteiger partial charge in [0.2, 0.25) is 5.95 Å². The predicted octanol–water partition coefficient (Wildman–Crippen LogP) is 2.96. The first-order chi connectivity index (χ1) is 14.6. The van der Waals surface area contributed by atoms with Crippen LogP contribution in [0.5, 0.6) is 0 Å². The summed E-state index contributed by atoms with van der Waals surface area (Å²) in [5.41, 5.74) is 2.70. The summed E-state index contributed by atoms with van der Waals surface area (Å²) >= 11 is 3.44. The third kappa shape index (κ3) is 3.84. The Bertz CT molecular complexity index is 1140. The number of imidazole rings is 1. The van der Waals surface area contributed by atoms with Crippen molar-refractivity contribution in [3.63, 3.8) is 0 Å². The molecule has 0 unspecified atom stereocenters. The van der Waals surface area contributed by atoms with Crippen molar-refractivity contribution in [1.29, 1.82) is 5.26 Å². The van der Waals surface area contributed by atoms with E-state index in [2.05, 4.69) is 47.2 Å². The number of nitrogens with one attached hydrogen (secondary N) is 2. The van der Waals surface area contributed by atoms with E-state index in [1.54, 1.807) is 12.1 Å². The second kappa shape index (κ2) is 7.83. The first-order valence-corrected chi connectivity index (χ1v) is 10.6. The third-order valence-electron chi connectivity index (χ3n) is 5.34. The normalized spacial score (nSPS) is 21.0. The van der Waals surface area contributed by atoms with Gasteiger partial charge in [0.1, 0.15) is 0 Å². The van der Waals surface area contributed by atoms with Gasteiger partial charge < -0.3 is 25.0 Å². The standard InChI is InChI=1S/C20H20BrN7O2/c21-13-3-11(6-22)4-14(5-13)25-18-17-19(28(10-24-17)15-1-2-15)27-20(26-18)23-7-12-8-30-9-16(12)29/h3-5,10,12,15-16,29H,1-2,7-9H2,(H2,23,25,26,27)/t12-,16+/m1/s1. The van der Waals surface area contributed by atoms with E-state index in [0.717, 1.165) is 28.6 Å². The van der Waals surface area contributed by atoms with Crippen molar-refractivity contribution < 1.29 is 9.84 Å². The van der Waals surface area contributed by atoms with E-state index in [4.69, 9.17) is 9.72 Å². The molecule has 10 heteroatoms. The van der Waals surface area contributed by atoms with Crippen LogP contribution in [0.2, 0.25) is 0 Å². The van der Waals surface area contributed by atoms with E-state index in [1.807, 2.05) is 12.4 Å². The molecule has 1 aliphatic heterocycles. The van der Waals surface area contributed by atoms with Crippen molar-refractivity contribution in [2.45, 2.75) is 25.0 Å². The Morgan fingerprint density at radius 2 is 2.13 bits per heavy atom. The van der Waals surface area contributed by atoms with Crippen LogP contribution >= 0.6 is 15.9 Å². The second-order valence-corrected chi connectivity index (χ2v) is 8.58. The molecule has 1 aliphatic carbocycles. The Kier molecular flexibility index (Phi) is 5.02. The molecule has 30 heavy (non-hydrogen) atoms. The van der Waals surface area contributed by atoms with Crippen LogP contribution in [-0.4, -0.2) is 50.5 Å². The Hall–Kier alpha value is -2.74. The molecule has 5 rings (SSSR count). The van der Waals surface area contributed by atoms with Crippen LogP contribution in [0.1, 0.15) is 24.4 Å². The molecule has 0 amide bonds. The van der Waals surface area contributed by atoms with Crippen LogP contribution in [-0.2, 0) is 4.74 Å². The van der Waals surface area contributed by atoms with Crippen molar-refractivity contribution in [3.8, 4) is 6.07 Å². The number of rotatable bonds is 6. The number of aromatic nitrogens is 4. The monoisotopic (exact) mass is 469 g/mol. The molecule has 2 aliphatic rings. The first kappa shape index (κ1) is 19.2. The zero-order chi connectivity index (χ0) is 20.7. The van der Waals surface area contributed by atoms with Gasteiger partial charge in [0.05, 0.1) is 37.3 Å². The van der Waals surface area contributed by atoms with Crippen molar-refractivity contribution in [3.05, 3.63) is 34.6 Å². The molecule has 3 aromatic rings. The molecule has 1 saturated heterocycles. The van der Waals surface area contributed by atoms with E-state index in [9.17, 15) is 10.4 Å². The van der Waals surface area contributed by atoms with Crippen molar-refractivity contribution in [2.75, 3.05) is 30.4 Å². The summed E-state index contributed by atoms with van der Waals surface area (Å²) in [6.45, 7) is 1.38. The lowest BCUT2D eigenvalue weighted by molar-refractivity contribution is 0.120. The fourth-order valence-corrected chi connectivity index (χ4v) is 4.06. The molecule has 0 bridgehead atoms. The van der Waals surface area contributed by atoms with Gasteiger partial charge in [-0.1, -0.05) is 15.9 Å². The van der Waals surface area contributed by atoms with Gasteiger partial charge in [-0.15, -0.1) is 0 Å². The second-order valence-electron chi connectivity index (χ2n) is 7.66. The summed E-state index contributed by atoms with van der Waals surface area (Å²) in [6.07, 6.45) is 3.55. The molecule has 2 fully saturated rings. The Balaban J connectivity index is 1.49. The van der Waals surface area contributed by atoms with Gasteiger partial charge in [-0.05, 0) is 31.0 Å². The van der Waals surface area contributed by atoms with Gasteiger partial charge in [-0.2, -0.15) is 15.2 Å². The fourth-order valence-electron chi connectivity index (χ4n) is 3.57. The van der Waals surface area contributed by atoms with E-state index >= 15 is 0 Å². The van der Waals surface area contributed by atoms with E-state index in [0.29, 0.717) is 48.6 Å². The minimum absolute atomic E-state index is 0.00249. The van der Waals surface area contributed by atoms with Crippen molar-refractivity contribution in [1.82, 2.24) is 19.5 Å². The lowest BCUT2D eigenvalue weighted by Gasteiger charge is -2.15. The number of halogens is 1. The van der Waals surface area contributed by atoms with Gasteiger partial charge >= 0.3 is 0 Å². The highest BCUT2D eigenvalue weighted by Gasteiger charge is 2.28. The number of aliphatic hydroxyl groups is 1. The number of ether oxygens (including phenoxy) is 1. The number of fused-ring (bicyclic) bond motifs is 1. The van der Waals surface area contributed by atoms with Crippen molar-refractivity contribution in [2.24, 2.45) is 5.92 Å². The molecule has 3 N–H and O–H groups in total. The summed E-state index contributed by atoms with van der Waals surface area (Å²) in [4.78, 5) is 13.9. The third-order valence-corrected chi connectivity index (χ3v) is 5.80. The maximum absolute atomic E-state index is 9.99. The summed E-state index contributed by atoms with van der Waals surface area (Å²) in [7, 11) is 0. The number of nitriles is 1. The molecule has 1 aromatic carbocycles. The highest BCUT2D eigenvalue weighted by Crippen LogP contribution is 2.38. The molecule has 0 radical (unpaired) electrons. The summed E-state index contributed by atoms with van der Waals surface area (Å²) in [5, 5.41) is 25.8. The number of benzene rings is 1. The molecule has 9 nitrogen and oxygen atoms in total. The molecular weight excluding hydrogens is 450 g/mol. The SMILES string of the molecule is N#Cc1cc(Br)cc(Nc2nc(NC[C@@H]3COC[C@@H]3O)nc3c2ncn3C2CC2)c1. The maximum Gasteiger partial charge on any atom is 0.226 e. The van der Waals surface area contributed by atoms with Crippen molar-refractivity contribution >= 4 is 44.5 Å². The number of hydrogen-bond donors (Lipinski definition) is 3. The van der Waals surface area contributed by atoms with E-state index in [1.165, 1.54) is 0 Å². The molecule has 2 atom stereocenters. The summed E-state index contributed by atoms with van der Waals surface area (Å²) in [6, 6.07) is 7.97. The molecule has 3 heterocycles. The molecular formula is C20H20BrN7O2. The van der Waals surface area contributed by atoms with Crippen LogP contribution in [0.15, 0.2) is 29.0 Å². The topological polar surface area (TPSA) is 121 Å². The lowest BCUT2D eigenvalue weighted by atomic mass is 10.1. The smallest absolute Gasteiger partial charge is 0.226 e. The maximum atomic E-state index is 9.99. The average molecular weight is 470 g/mol. The highest BCUT2D eigenvalue weighted by atomic mass is 79.9. The van der Waals surface area contributed by atoms with Gasteiger partial charge in [-0.3, -0.25) is 0 Å². The van der Waals surface area contributed by atoms with Gasteiger partial charge in [-0.25, -0.2) is 4.98 Å². The molecule has 2 aromatic heterocycles. The van der Waals surface area contributed by atoms with Gasteiger partial charge in [0.25, 0.3) is 0 Å². The molecule has 1 saturated carbocycles. The Labute approximate surface area is 181 Å². The lowest BCUT2D eigenvalue weighted by Crippen LogP contribution is -2.26. The van der Waals surface area contributed by atoms with Gasteiger partial charge in [0.15, 0.2) is 17.0 Å². The number of aliphatic hydroxyl groups excluding tert-OH is 1. The van der Waals surface area contributed by atoms with Crippen LogP contribution in [0.3, 0.4) is 0 Å². The zero-order valence-electron chi connectivity index (χ0n) is 16.0. The molecule has 0 spiro atoms. The fraction of sp³-hybridized carbons (Fsp3) is 0.400. The van der Waals surface area contributed by atoms with Gasteiger partial charge in [0, 0.05) is 28.7 Å². The predicted molar refractivity (Wildman–Crippen MR) is 115 cm³/mol. The minimum Gasteiger partial charge on any atom is -0.390 e. The Morgan fingerprint density at radius 1 is 1.27 bits per heavy atom. The minimum atomic E-state index is -0.484. The van der Waals surface area contributed by atoms with Crippen LogP contribution in [0, 0.1) is 17.2 Å².